The number of sulfonamides is 1. The number of rotatable bonds is 7. The minimum absolute atomic E-state index is 0.0750. The molecule has 0 saturated carbocycles. The lowest BCUT2D eigenvalue weighted by molar-refractivity contribution is 0.252. The molecule has 0 aliphatic heterocycles. The van der Waals surface area contributed by atoms with Crippen molar-refractivity contribution in [3.05, 3.63) is 21.1 Å². The highest BCUT2D eigenvalue weighted by molar-refractivity contribution is 9.11. The number of aliphatic hydroxyl groups is 1. The Balaban J connectivity index is 3.26. The summed E-state index contributed by atoms with van der Waals surface area (Å²) in [6.07, 6.45) is 1.62. The average molecular weight is 430 g/mol. The maximum absolute atomic E-state index is 12.7. The van der Waals surface area contributed by atoms with Crippen LogP contribution in [0.4, 0.5) is 5.69 Å². The van der Waals surface area contributed by atoms with E-state index in [9.17, 15) is 8.42 Å². The fraction of sp³-hybridized carbons (Fsp3) is 0.500. The van der Waals surface area contributed by atoms with Crippen LogP contribution in [0.15, 0.2) is 26.0 Å². The number of halogens is 2. The SMILES string of the molecule is CCCCN(CCO)S(=O)(=O)c1c(Br)cc(N)cc1Br. The van der Waals surface area contributed by atoms with Gasteiger partial charge in [-0.05, 0) is 50.4 Å². The minimum atomic E-state index is -3.69. The second-order valence-corrected chi connectivity index (χ2v) is 7.88. The van der Waals surface area contributed by atoms with Crippen molar-refractivity contribution in [1.82, 2.24) is 4.31 Å². The van der Waals surface area contributed by atoms with Gasteiger partial charge < -0.3 is 10.8 Å². The summed E-state index contributed by atoms with van der Waals surface area (Å²) in [6, 6.07) is 3.10. The Morgan fingerprint density at radius 2 is 1.80 bits per heavy atom. The zero-order valence-electron chi connectivity index (χ0n) is 11.1. The Bertz CT molecular complexity index is 541. The molecule has 0 aliphatic carbocycles. The third-order valence-corrected chi connectivity index (χ3v) is 6.51. The van der Waals surface area contributed by atoms with Gasteiger partial charge in [0.05, 0.1) is 6.61 Å². The van der Waals surface area contributed by atoms with E-state index < -0.39 is 10.0 Å². The third-order valence-electron chi connectivity index (χ3n) is 2.73. The normalized spacial score (nSPS) is 12.1. The third kappa shape index (κ3) is 4.17. The zero-order chi connectivity index (χ0) is 15.3. The van der Waals surface area contributed by atoms with Gasteiger partial charge in [-0.15, -0.1) is 0 Å². The predicted octanol–water partition coefficient (Wildman–Crippen LogP) is 2.58. The number of hydrogen-bond acceptors (Lipinski definition) is 4. The molecule has 0 spiro atoms. The van der Waals surface area contributed by atoms with Gasteiger partial charge in [0.15, 0.2) is 0 Å². The first-order chi connectivity index (χ1) is 9.34. The van der Waals surface area contributed by atoms with Crippen molar-refractivity contribution >= 4 is 47.6 Å². The molecule has 1 aromatic rings. The van der Waals surface area contributed by atoms with Crippen LogP contribution in [0.2, 0.25) is 0 Å². The molecule has 0 radical (unpaired) electrons. The summed E-state index contributed by atoms with van der Waals surface area (Å²) in [5.74, 6) is 0. The molecule has 1 rings (SSSR count). The molecule has 0 amide bonds. The number of nitrogen functional groups attached to an aromatic ring is 1. The van der Waals surface area contributed by atoms with Crippen molar-refractivity contribution in [3.8, 4) is 0 Å². The van der Waals surface area contributed by atoms with Gasteiger partial charge in [-0.25, -0.2) is 8.42 Å². The molecular weight excluding hydrogens is 412 g/mol. The number of unbranched alkanes of at least 4 members (excludes halogenated alkanes) is 1. The average Bonchev–Trinajstić information content (AvgIpc) is 2.32. The molecule has 0 saturated heterocycles. The second-order valence-electron chi connectivity index (χ2n) is 4.29. The maximum atomic E-state index is 12.7. The number of aliphatic hydroxyl groups excluding tert-OH is 1. The molecule has 20 heavy (non-hydrogen) atoms. The van der Waals surface area contributed by atoms with Crippen LogP contribution in [0.25, 0.3) is 0 Å². The van der Waals surface area contributed by atoms with Crippen LogP contribution >= 0.6 is 31.9 Å². The first-order valence-corrected chi connectivity index (χ1v) is 9.22. The minimum Gasteiger partial charge on any atom is -0.399 e. The van der Waals surface area contributed by atoms with Gasteiger partial charge in [-0.3, -0.25) is 0 Å². The van der Waals surface area contributed by atoms with Gasteiger partial charge >= 0.3 is 0 Å². The van der Waals surface area contributed by atoms with Crippen molar-refractivity contribution in [2.24, 2.45) is 0 Å². The van der Waals surface area contributed by atoms with Crippen molar-refractivity contribution in [3.63, 3.8) is 0 Å². The van der Waals surface area contributed by atoms with Gasteiger partial charge in [0.25, 0.3) is 0 Å². The molecule has 0 unspecified atom stereocenters. The molecule has 114 valence electrons. The van der Waals surface area contributed by atoms with E-state index in [1.807, 2.05) is 6.92 Å². The molecule has 0 aliphatic rings. The first kappa shape index (κ1) is 17.9. The lowest BCUT2D eigenvalue weighted by atomic mass is 10.3. The molecule has 0 fully saturated rings. The van der Waals surface area contributed by atoms with Crippen LogP contribution in [0.5, 0.6) is 0 Å². The summed E-state index contributed by atoms with van der Waals surface area (Å²) in [5, 5.41) is 9.08. The lowest BCUT2D eigenvalue weighted by Gasteiger charge is -2.22. The fourth-order valence-electron chi connectivity index (χ4n) is 1.75. The number of nitrogens with two attached hydrogens (primary N) is 1. The lowest BCUT2D eigenvalue weighted by Crippen LogP contribution is -2.34. The number of nitrogens with zero attached hydrogens (tertiary/aromatic N) is 1. The van der Waals surface area contributed by atoms with Gasteiger partial charge in [0.2, 0.25) is 10.0 Å². The molecule has 1 aromatic carbocycles. The Morgan fingerprint density at radius 1 is 1.25 bits per heavy atom. The van der Waals surface area contributed by atoms with E-state index in [0.29, 0.717) is 21.2 Å². The molecular formula is C12H18Br2N2O3S. The Labute approximate surface area is 136 Å². The van der Waals surface area contributed by atoms with Gasteiger partial charge in [-0.1, -0.05) is 13.3 Å². The van der Waals surface area contributed by atoms with E-state index in [4.69, 9.17) is 10.8 Å². The van der Waals surface area contributed by atoms with Crippen molar-refractivity contribution in [2.75, 3.05) is 25.4 Å². The van der Waals surface area contributed by atoms with Gasteiger partial charge in [0.1, 0.15) is 4.90 Å². The molecule has 3 N–H and O–H groups in total. The molecule has 0 aromatic heterocycles. The fourth-order valence-corrected chi connectivity index (χ4v) is 5.76. The summed E-state index contributed by atoms with van der Waals surface area (Å²) in [7, 11) is -3.69. The second kappa shape index (κ2) is 7.74. The summed E-state index contributed by atoms with van der Waals surface area (Å²) in [4.78, 5) is 0.135. The molecule has 5 nitrogen and oxygen atoms in total. The van der Waals surface area contributed by atoms with Gasteiger partial charge in [-0.2, -0.15) is 4.31 Å². The highest BCUT2D eigenvalue weighted by Gasteiger charge is 2.28. The van der Waals surface area contributed by atoms with E-state index in [1.54, 1.807) is 12.1 Å². The van der Waals surface area contributed by atoms with E-state index >= 15 is 0 Å². The molecule has 0 bridgehead atoms. The molecule has 0 atom stereocenters. The van der Waals surface area contributed by atoms with E-state index in [0.717, 1.165) is 12.8 Å². The zero-order valence-corrected chi connectivity index (χ0v) is 15.1. The topological polar surface area (TPSA) is 83.6 Å². The van der Waals surface area contributed by atoms with Crippen LogP contribution in [0, 0.1) is 0 Å². The predicted molar refractivity (Wildman–Crippen MR) is 87.0 cm³/mol. The van der Waals surface area contributed by atoms with Crippen molar-refractivity contribution in [1.29, 1.82) is 0 Å². The first-order valence-electron chi connectivity index (χ1n) is 6.20. The standard InChI is InChI=1S/C12H18Br2N2O3S/c1-2-3-4-16(5-6-17)20(18,19)12-10(13)7-9(15)8-11(12)14/h7-8,17H,2-6,15H2,1H3. The number of hydrogen-bond donors (Lipinski definition) is 2. The molecule has 0 heterocycles. The van der Waals surface area contributed by atoms with Crippen molar-refractivity contribution in [2.45, 2.75) is 24.7 Å². The quantitative estimate of drug-likeness (QED) is 0.652. The summed E-state index contributed by atoms with van der Waals surface area (Å²) < 4.78 is 27.5. The highest BCUT2D eigenvalue weighted by atomic mass is 79.9. The largest absolute Gasteiger partial charge is 0.399 e. The van der Waals surface area contributed by atoms with Crippen LogP contribution in [-0.4, -0.2) is 37.5 Å². The Kier molecular flexibility index (Phi) is 6.93. The van der Waals surface area contributed by atoms with Crippen LogP contribution in [0.1, 0.15) is 19.8 Å². The summed E-state index contributed by atoms with van der Waals surface area (Å²) >= 11 is 6.49. The van der Waals surface area contributed by atoms with E-state index in [1.165, 1.54) is 4.31 Å². The number of benzene rings is 1. The van der Waals surface area contributed by atoms with E-state index in [-0.39, 0.29) is 18.0 Å². The highest BCUT2D eigenvalue weighted by Crippen LogP contribution is 2.34. The van der Waals surface area contributed by atoms with Crippen LogP contribution in [0.3, 0.4) is 0 Å². The summed E-state index contributed by atoms with van der Waals surface area (Å²) in [5.41, 5.74) is 6.14. The van der Waals surface area contributed by atoms with Crippen LogP contribution < -0.4 is 5.73 Å². The smallest absolute Gasteiger partial charge is 0.245 e. The Morgan fingerprint density at radius 3 is 2.25 bits per heavy atom. The number of anilines is 1. The van der Waals surface area contributed by atoms with Crippen LogP contribution in [-0.2, 0) is 10.0 Å². The van der Waals surface area contributed by atoms with E-state index in [2.05, 4.69) is 31.9 Å². The summed E-state index contributed by atoms with van der Waals surface area (Å²) in [6.45, 7) is 2.22. The Hall–Kier alpha value is -0.150. The van der Waals surface area contributed by atoms with Gasteiger partial charge in [0, 0.05) is 27.7 Å². The monoisotopic (exact) mass is 428 g/mol. The van der Waals surface area contributed by atoms with Crippen molar-refractivity contribution < 1.29 is 13.5 Å². The molecule has 8 heteroatoms. The maximum Gasteiger partial charge on any atom is 0.245 e.